The van der Waals surface area contributed by atoms with Gasteiger partial charge in [-0.05, 0) is 6.42 Å². The smallest absolute Gasteiger partial charge is 0.249 e. The highest BCUT2D eigenvalue weighted by Crippen LogP contribution is 2.04. The molecule has 0 aromatic heterocycles. The van der Waals surface area contributed by atoms with Crippen LogP contribution in [0.4, 0.5) is 0 Å². The lowest BCUT2D eigenvalue weighted by Crippen LogP contribution is -2.52. The first kappa shape index (κ1) is 13.6. The molecule has 0 spiro atoms. The number of carbonyl (C=O) groups is 3. The fraction of sp³-hybridized carbons (Fsp3) is 0.727. The molecule has 1 rings (SSSR count). The van der Waals surface area contributed by atoms with Gasteiger partial charge in [-0.2, -0.15) is 0 Å². The molecule has 6 heteroatoms. The summed E-state index contributed by atoms with van der Waals surface area (Å²) in [5.74, 6) is -0.860. The minimum Gasteiger partial charge on any atom is -0.344 e. The summed E-state index contributed by atoms with van der Waals surface area (Å²) >= 11 is 0. The second kappa shape index (κ2) is 6.34. The van der Waals surface area contributed by atoms with Gasteiger partial charge in [-0.25, -0.2) is 0 Å². The predicted octanol–water partition coefficient (Wildman–Crippen LogP) is -0.704. The van der Waals surface area contributed by atoms with Gasteiger partial charge in [-0.1, -0.05) is 13.8 Å². The number of imide groups is 1. The highest BCUT2D eigenvalue weighted by molar-refractivity contribution is 6.01. The Balaban J connectivity index is 2.26. The number of carbonyl (C=O) groups excluding carboxylic acids is 3. The summed E-state index contributed by atoms with van der Waals surface area (Å²) in [4.78, 5) is 33.8. The lowest BCUT2D eigenvalue weighted by Gasteiger charge is -2.21. The van der Waals surface area contributed by atoms with E-state index in [1.165, 1.54) is 0 Å². The molecule has 6 nitrogen and oxygen atoms in total. The Morgan fingerprint density at radius 2 is 2.18 bits per heavy atom. The van der Waals surface area contributed by atoms with Gasteiger partial charge in [0, 0.05) is 25.4 Å². The van der Waals surface area contributed by atoms with Crippen molar-refractivity contribution in [3.05, 3.63) is 0 Å². The molecular formula is C11H19N3O3. The van der Waals surface area contributed by atoms with Crippen molar-refractivity contribution in [1.82, 2.24) is 16.0 Å². The molecule has 0 radical (unpaired) electrons. The SMILES string of the molecule is CC(C)NCCC(=O)NC1CCC(=O)NC1=O. The summed E-state index contributed by atoms with van der Waals surface area (Å²) in [6.45, 7) is 4.58. The van der Waals surface area contributed by atoms with Gasteiger partial charge in [-0.3, -0.25) is 19.7 Å². The third kappa shape index (κ3) is 4.95. The van der Waals surface area contributed by atoms with Crippen LogP contribution in [0.2, 0.25) is 0 Å². The van der Waals surface area contributed by atoms with E-state index in [4.69, 9.17) is 0 Å². The molecule has 1 aliphatic rings. The topological polar surface area (TPSA) is 87.3 Å². The van der Waals surface area contributed by atoms with Gasteiger partial charge < -0.3 is 10.6 Å². The third-order valence-electron chi connectivity index (χ3n) is 2.48. The summed E-state index contributed by atoms with van der Waals surface area (Å²) in [6.07, 6.45) is 0.991. The molecule has 3 N–H and O–H groups in total. The van der Waals surface area contributed by atoms with Gasteiger partial charge in [0.2, 0.25) is 17.7 Å². The van der Waals surface area contributed by atoms with Gasteiger partial charge in [0.15, 0.2) is 0 Å². The lowest BCUT2D eigenvalue weighted by molar-refractivity contribution is -0.137. The summed E-state index contributed by atoms with van der Waals surface area (Å²) in [5.41, 5.74) is 0. The van der Waals surface area contributed by atoms with Crippen LogP contribution in [0.3, 0.4) is 0 Å². The summed E-state index contributed by atoms with van der Waals surface area (Å²) in [6, 6.07) is -0.238. The van der Waals surface area contributed by atoms with Crippen molar-refractivity contribution in [1.29, 1.82) is 0 Å². The van der Waals surface area contributed by atoms with E-state index in [2.05, 4.69) is 16.0 Å². The molecular weight excluding hydrogens is 222 g/mol. The molecule has 0 aromatic carbocycles. The zero-order valence-electron chi connectivity index (χ0n) is 10.2. The number of piperidine rings is 1. The molecule has 1 atom stereocenters. The number of hydrogen-bond acceptors (Lipinski definition) is 4. The van der Waals surface area contributed by atoms with Gasteiger partial charge >= 0.3 is 0 Å². The molecule has 1 saturated heterocycles. The maximum absolute atomic E-state index is 11.5. The molecule has 0 bridgehead atoms. The lowest BCUT2D eigenvalue weighted by atomic mass is 10.1. The Labute approximate surface area is 101 Å². The Morgan fingerprint density at radius 3 is 2.76 bits per heavy atom. The largest absolute Gasteiger partial charge is 0.344 e. The van der Waals surface area contributed by atoms with E-state index in [1.54, 1.807) is 0 Å². The van der Waals surface area contributed by atoms with Crippen molar-refractivity contribution in [3.8, 4) is 0 Å². The number of amides is 3. The molecule has 3 amide bonds. The van der Waals surface area contributed by atoms with Crippen molar-refractivity contribution in [2.75, 3.05) is 6.54 Å². The Hall–Kier alpha value is -1.43. The molecule has 17 heavy (non-hydrogen) atoms. The van der Waals surface area contributed by atoms with Crippen LogP contribution in [0.1, 0.15) is 33.1 Å². The zero-order chi connectivity index (χ0) is 12.8. The van der Waals surface area contributed by atoms with E-state index in [1.807, 2.05) is 13.8 Å². The second-order valence-electron chi connectivity index (χ2n) is 4.43. The summed E-state index contributed by atoms with van der Waals surface area (Å²) in [5, 5.41) is 7.94. The van der Waals surface area contributed by atoms with Gasteiger partial charge in [-0.15, -0.1) is 0 Å². The molecule has 1 aliphatic heterocycles. The van der Waals surface area contributed by atoms with Crippen LogP contribution < -0.4 is 16.0 Å². The van der Waals surface area contributed by atoms with Crippen LogP contribution in [0.25, 0.3) is 0 Å². The van der Waals surface area contributed by atoms with E-state index in [0.29, 0.717) is 25.4 Å². The Bertz CT molecular complexity index is 315. The van der Waals surface area contributed by atoms with Crippen molar-refractivity contribution in [3.63, 3.8) is 0 Å². The van der Waals surface area contributed by atoms with Crippen LogP contribution in [0, 0.1) is 0 Å². The van der Waals surface area contributed by atoms with E-state index in [9.17, 15) is 14.4 Å². The zero-order valence-corrected chi connectivity index (χ0v) is 10.2. The average Bonchev–Trinajstić information content (AvgIpc) is 2.21. The average molecular weight is 241 g/mol. The third-order valence-corrected chi connectivity index (χ3v) is 2.48. The van der Waals surface area contributed by atoms with E-state index >= 15 is 0 Å². The fourth-order valence-corrected chi connectivity index (χ4v) is 1.57. The van der Waals surface area contributed by atoms with E-state index < -0.39 is 11.9 Å². The fourth-order valence-electron chi connectivity index (χ4n) is 1.57. The molecule has 0 aliphatic carbocycles. The van der Waals surface area contributed by atoms with Crippen LogP contribution in [0.5, 0.6) is 0 Å². The number of hydrogen-bond donors (Lipinski definition) is 3. The van der Waals surface area contributed by atoms with Gasteiger partial charge in [0.05, 0.1) is 0 Å². The second-order valence-corrected chi connectivity index (χ2v) is 4.43. The van der Waals surface area contributed by atoms with Crippen LogP contribution in [-0.4, -0.2) is 36.3 Å². The predicted molar refractivity (Wildman–Crippen MR) is 62.1 cm³/mol. The molecule has 1 fully saturated rings. The highest BCUT2D eigenvalue weighted by Gasteiger charge is 2.27. The van der Waals surface area contributed by atoms with Gasteiger partial charge in [0.1, 0.15) is 6.04 Å². The maximum atomic E-state index is 11.5. The standard InChI is InChI=1S/C11H19N3O3/c1-7(2)12-6-5-10(16)13-8-3-4-9(15)14-11(8)17/h7-8,12H,3-6H2,1-2H3,(H,13,16)(H,14,15,17). The summed E-state index contributed by atoms with van der Waals surface area (Å²) in [7, 11) is 0. The van der Waals surface area contributed by atoms with Crippen LogP contribution in [-0.2, 0) is 14.4 Å². The maximum Gasteiger partial charge on any atom is 0.249 e. The molecule has 0 saturated carbocycles. The minimum absolute atomic E-state index is 0.173. The quantitative estimate of drug-likeness (QED) is 0.555. The normalized spacial score (nSPS) is 20.3. The number of rotatable bonds is 5. The van der Waals surface area contributed by atoms with Crippen molar-refractivity contribution >= 4 is 17.7 Å². The number of nitrogens with one attached hydrogen (secondary N) is 3. The first-order valence-electron chi connectivity index (χ1n) is 5.85. The molecule has 1 heterocycles. The van der Waals surface area contributed by atoms with Crippen molar-refractivity contribution in [2.45, 2.75) is 45.2 Å². The minimum atomic E-state index is -0.570. The highest BCUT2D eigenvalue weighted by atomic mass is 16.2. The van der Waals surface area contributed by atoms with Crippen LogP contribution in [0.15, 0.2) is 0 Å². The first-order chi connectivity index (χ1) is 7.99. The monoisotopic (exact) mass is 241 g/mol. The summed E-state index contributed by atoms with van der Waals surface area (Å²) < 4.78 is 0. The van der Waals surface area contributed by atoms with E-state index in [0.717, 1.165) is 0 Å². The first-order valence-corrected chi connectivity index (χ1v) is 5.85. The van der Waals surface area contributed by atoms with E-state index in [-0.39, 0.29) is 18.2 Å². The molecule has 0 aromatic rings. The van der Waals surface area contributed by atoms with Crippen LogP contribution >= 0.6 is 0 Å². The molecule has 1 unspecified atom stereocenters. The Kier molecular flexibility index (Phi) is 5.09. The van der Waals surface area contributed by atoms with Gasteiger partial charge in [0.25, 0.3) is 0 Å². The molecule has 96 valence electrons. The van der Waals surface area contributed by atoms with Crippen molar-refractivity contribution < 1.29 is 14.4 Å². The Morgan fingerprint density at radius 1 is 1.47 bits per heavy atom. The van der Waals surface area contributed by atoms with Crippen molar-refractivity contribution in [2.24, 2.45) is 0 Å².